The Hall–Kier alpha value is -0.740. The van der Waals surface area contributed by atoms with E-state index in [0.717, 1.165) is 23.6 Å². The highest BCUT2D eigenvalue weighted by molar-refractivity contribution is 7.99. The molecule has 0 amide bonds. The molecule has 0 aromatic heterocycles. The minimum atomic E-state index is -0.158. The van der Waals surface area contributed by atoms with Crippen molar-refractivity contribution >= 4 is 17.4 Å². The summed E-state index contributed by atoms with van der Waals surface area (Å²) in [6.45, 7) is 5.35. The van der Waals surface area contributed by atoms with Gasteiger partial charge in [-0.1, -0.05) is 0 Å². The van der Waals surface area contributed by atoms with E-state index in [4.69, 9.17) is 0 Å². The van der Waals surface area contributed by atoms with E-state index in [0.29, 0.717) is 6.04 Å². The molecule has 18 heavy (non-hydrogen) atoms. The molecular formula is C14H21FN2S. The summed E-state index contributed by atoms with van der Waals surface area (Å²) in [7, 11) is 1.91. The van der Waals surface area contributed by atoms with E-state index in [1.165, 1.54) is 5.69 Å². The topological polar surface area (TPSA) is 15.3 Å². The van der Waals surface area contributed by atoms with Crippen LogP contribution in [-0.4, -0.2) is 31.1 Å². The Morgan fingerprint density at radius 2 is 2.28 bits per heavy atom. The van der Waals surface area contributed by atoms with Gasteiger partial charge in [0.05, 0.1) is 0 Å². The van der Waals surface area contributed by atoms with Gasteiger partial charge in [0, 0.05) is 35.8 Å². The van der Waals surface area contributed by atoms with Crippen LogP contribution in [0.15, 0.2) is 18.2 Å². The van der Waals surface area contributed by atoms with Crippen LogP contribution in [0.3, 0.4) is 0 Å². The third kappa shape index (κ3) is 2.81. The molecule has 1 saturated heterocycles. The van der Waals surface area contributed by atoms with Crippen LogP contribution in [0.2, 0.25) is 0 Å². The lowest BCUT2D eigenvalue weighted by Crippen LogP contribution is -2.41. The summed E-state index contributed by atoms with van der Waals surface area (Å²) in [6, 6.07) is 5.82. The van der Waals surface area contributed by atoms with Gasteiger partial charge in [0.25, 0.3) is 0 Å². The van der Waals surface area contributed by atoms with Crippen molar-refractivity contribution < 1.29 is 4.39 Å². The highest BCUT2D eigenvalue weighted by Crippen LogP contribution is 2.31. The minimum absolute atomic E-state index is 0.158. The molecular weight excluding hydrogens is 247 g/mol. The number of benzene rings is 1. The molecule has 1 heterocycles. The zero-order valence-electron chi connectivity index (χ0n) is 11.2. The number of thioether (sulfide) groups is 1. The zero-order valence-corrected chi connectivity index (χ0v) is 12.1. The number of rotatable bonds is 3. The second kappa shape index (κ2) is 5.93. The average Bonchev–Trinajstić information content (AvgIpc) is 2.39. The summed E-state index contributed by atoms with van der Waals surface area (Å²) in [4.78, 5) is 2.40. The number of nitrogens with one attached hydrogen (secondary N) is 1. The molecule has 0 aliphatic carbocycles. The van der Waals surface area contributed by atoms with E-state index >= 15 is 0 Å². The molecule has 0 saturated carbocycles. The average molecular weight is 268 g/mol. The Kier molecular flexibility index (Phi) is 4.51. The molecule has 2 nitrogen and oxygen atoms in total. The van der Waals surface area contributed by atoms with Crippen molar-refractivity contribution in [1.29, 1.82) is 0 Å². The summed E-state index contributed by atoms with van der Waals surface area (Å²) < 4.78 is 13.5. The Balaban J connectivity index is 2.36. The maximum atomic E-state index is 13.5. The first kappa shape index (κ1) is 13.7. The van der Waals surface area contributed by atoms with Crippen LogP contribution in [0.4, 0.5) is 10.1 Å². The van der Waals surface area contributed by atoms with Gasteiger partial charge >= 0.3 is 0 Å². The summed E-state index contributed by atoms with van der Waals surface area (Å²) in [6.07, 6.45) is 0. The number of nitrogens with zero attached hydrogens (tertiary/aromatic N) is 1. The SMILES string of the molecule is CNC(C)c1cc(F)ccc1N1CCSCC1C. The van der Waals surface area contributed by atoms with Crippen molar-refractivity contribution in [3.63, 3.8) is 0 Å². The van der Waals surface area contributed by atoms with Gasteiger partial charge in [-0.15, -0.1) is 0 Å². The van der Waals surface area contributed by atoms with Crippen molar-refractivity contribution in [2.75, 3.05) is 30.0 Å². The molecule has 1 fully saturated rings. The highest BCUT2D eigenvalue weighted by Gasteiger charge is 2.22. The largest absolute Gasteiger partial charge is 0.367 e. The Labute approximate surface area is 113 Å². The maximum Gasteiger partial charge on any atom is 0.123 e. The normalized spacial score (nSPS) is 22.0. The lowest BCUT2D eigenvalue weighted by molar-refractivity contribution is 0.602. The number of hydrogen-bond acceptors (Lipinski definition) is 3. The lowest BCUT2D eigenvalue weighted by Gasteiger charge is -2.37. The quantitative estimate of drug-likeness (QED) is 0.907. The molecule has 1 aromatic carbocycles. The Morgan fingerprint density at radius 3 is 2.94 bits per heavy atom. The Bertz CT molecular complexity index is 411. The van der Waals surface area contributed by atoms with Crippen LogP contribution >= 0.6 is 11.8 Å². The molecule has 4 heteroatoms. The standard InChI is InChI=1S/C14H21FN2S/c1-10-9-18-7-6-17(10)14-5-4-12(15)8-13(14)11(2)16-3/h4-5,8,10-11,16H,6-7,9H2,1-3H3. The molecule has 1 aromatic rings. The highest BCUT2D eigenvalue weighted by atomic mass is 32.2. The molecule has 2 rings (SSSR count). The number of hydrogen-bond donors (Lipinski definition) is 1. The van der Waals surface area contributed by atoms with E-state index in [2.05, 4.69) is 24.1 Å². The third-order valence-electron chi connectivity index (χ3n) is 3.57. The summed E-state index contributed by atoms with van der Waals surface area (Å²) in [5, 5.41) is 3.20. The molecule has 2 atom stereocenters. The lowest BCUT2D eigenvalue weighted by atomic mass is 10.0. The number of anilines is 1. The Morgan fingerprint density at radius 1 is 1.50 bits per heavy atom. The van der Waals surface area contributed by atoms with Crippen molar-refractivity contribution in [3.8, 4) is 0 Å². The summed E-state index contributed by atoms with van der Waals surface area (Å²) >= 11 is 1.99. The van der Waals surface area contributed by atoms with Gasteiger partial charge in [-0.3, -0.25) is 0 Å². The van der Waals surface area contributed by atoms with Gasteiger partial charge < -0.3 is 10.2 Å². The fraction of sp³-hybridized carbons (Fsp3) is 0.571. The van der Waals surface area contributed by atoms with Gasteiger partial charge in [0.1, 0.15) is 5.82 Å². The second-order valence-corrected chi connectivity index (χ2v) is 5.98. The molecule has 1 N–H and O–H groups in total. The summed E-state index contributed by atoms with van der Waals surface area (Å²) in [5.41, 5.74) is 2.22. The van der Waals surface area contributed by atoms with E-state index in [1.54, 1.807) is 12.1 Å². The smallest absolute Gasteiger partial charge is 0.123 e. The van der Waals surface area contributed by atoms with Crippen molar-refractivity contribution in [3.05, 3.63) is 29.6 Å². The number of halogens is 1. The van der Waals surface area contributed by atoms with Crippen LogP contribution < -0.4 is 10.2 Å². The molecule has 1 aliphatic heterocycles. The van der Waals surface area contributed by atoms with Crippen molar-refractivity contribution in [2.24, 2.45) is 0 Å². The minimum Gasteiger partial charge on any atom is -0.367 e. The van der Waals surface area contributed by atoms with Gasteiger partial charge in [0.2, 0.25) is 0 Å². The summed E-state index contributed by atoms with van der Waals surface area (Å²) in [5.74, 6) is 2.13. The van der Waals surface area contributed by atoms with Crippen molar-refractivity contribution in [1.82, 2.24) is 5.32 Å². The van der Waals surface area contributed by atoms with Crippen LogP contribution in [-0.2, 0) is 0 Å². The fourth-order valence-corrected chi connectivity index (χ4v) is 3.39. The molecule has 100 valence electrons. The predicted molar refractivity (Wildman–Crippen MR) is 78.0 cm³/mol. The van der Waals surface area contributed by atoms with E-state index in [9.17, 15) is 4.39 Å². The van der Waals surface area contributed by atoms with Crippen LogP contribution in [0.25, 0.3) is 0 Å². The second-order valence-electron chi connectivity index (χ2n) is 4.83. The molecule has 2 unspecified atom stereocenters. The van der Waals surface area contributed by atoms with Gasteiger partial charge in [-0.25, -0.2) is 4.39 Å². The van der Waals surface area contributed by atoms with Gasteiger partial charge in [-0.05, 0) is 44.7 Å². The molecule has 0 radical (unpaired) electrons. The monoisotopic (exact) mass is 268 g/mol. The fourth-order valence-electron chi connectivity index (χ4n) is 2.37. The van der Waals surface area contributed by atoms with Gasteiger partial charge in [-0.2, -0.15) is 11.8 Å². The third-order valence-corrected chi connectivity index (χ3v) is 4.76. The van der Waals surface area contributed by atoms with Crippen LogP contribution in [0.5, 0.6) is 0 Å². The first-order valence-corrected chi connectivity index (χ1v) is 7.60. The van der Waals surface area contributed by atoms with Crippen LogP contribution in [0.1, 0.15) is 25.5 Å². The van der Waals surface area contributed by atoms with E-state index < -0.39 is 0 Å². The molecule has 0 spiro atoms. The van der Waals surface area contributed by atoms with Gasteiger partial charge in [0.15, 0.2) is 0 Å². The molecule has 0 bridgehead atoms. The first-order valence-electron chi connectivity index (χ1n) is 6.44. The van der Waals surface area contributed by atoms with E-state index in [1.807, 2.05) is 24.9 Å². The predicted octanol–water partition coefficient (Wildman–Crippen LogP) is 3.05. The van der Waals surface area contributed by atoms with E-state index in [-0.39, 0.29) is 11.9 Å². The molecule has 1 aliphatic rings. The van der Waals surface area contributed by atoms with Crippen molar-refractivity contribution in [2.45, 2.75) is 25.9 Å². The maximum absolute atomic E-state index is 13.5. The zero-order chi connectivity index (χ0) is 13.1. The van der Waals surface area contributed by atoms with Crippen LogP contribution in [0, 0.1) is 5.82 Å². The first-order chi connectivity index (χ1) is 8.63.